The number of nitrogens with two attached hydrogens (primary N) is 2. The summed E-state index contributed by atoms with van der Waals surface area (Å²) < 4.78 is 84.4. The fraction of sp³-hybridized carbons (Fsp3) is 0.500. The lowest BCUT2D eigenvalue weighted by Crippen LogP contribution is -2.33. The highest BCUT2D eigenvalue weighted by molar-refractivity contribution is 7.69. The molecule has 2 aliphatic heterocycles. The summed E-state index contributed by atoms with van der Waals surface area (Å²) in [5.74, 6) is 0.138. The molecule has 0 aliphatic carbocycles. The van der Waals surface area contributed by atoms with Gasteiger partial charge in [-0.1, -0.05) is 0 Å². The maximum Gasteiger partial charge on any atom is 0.490 e. The van der Waals surface area contributed by atoms with E-state index in [1.807, 2.05) is 0 Å². The molecule has 27 nitrogen and oxygen atoms in total. The van der Waals surface area contributed by atoms with E-state index >= 15 is 0 Å². The average Bonchev–Trinajstić information content (AvgIpc) is 3.81. The standard InChI is InChI=1S/C20H28N10O17P4/c21-16-12-18(25-5-23-16)29(7-27-12)11-2-1-9(43-11)3-41-48(33,34)45-50(37,38)47-51(39,40)46-49(35,36)42-4-10-14(31)15(32)20(44-10)30-8-28-13-17(22)24-6-26-19(13)30/h5-11,14-15,20,31-32H,1-4H2,(H,33,34)(H,35,36)(H,37,38)(H,39,40)(H2,21,23,25)(H2,22,24,26)/t9-,10+,11+,14+,15+,20+/m0/s1. The fourth-order valence-corrected chi connectivity index (χ4v) is 10.0. The van der Waals surface area contributed by atoms with E-state index < -0.39 is 81.4 Å². The summed E-state index contributed by atoms with van der Waals surface area (Å²) in [7, 11) is -23.4. The van der Waals surface area contributed by atoms with Crippen LogP contribution in [-0.4, -0.2) is 106 Å². The molecule has 51 heavy (non-hydrogen) atoms. The summed E-state index contributed by atoms with van der Waals surface area (Å²) in [6.45, 7) is -1.74. The van der Waals surface area contributed by atoms with Gasteiger partial charge in [-0.2, -0.15) is 12.9 Å². The van der Waals surface area contributed by atoms with Crippen molar-refractivity contribution in [3.05, 3.63) is 25.3 Å². The molecule has 0 saturated carbocycles. The number of fused-ring (bicyclic) bond motifs is 2. The van der Waals surface area contributed by atoms with E-state index in [1.165, 1.54) is 23.5 Å². The number of phosphoric acid groups is 4. The zero-order chi connectivity index (χ0) is 36.9. The Kier molecular flexibility index (Phi) is 10.5. The molecule has 2 saturated heterocycles. The largest absolute Gasteiger partial charge is 0.490 e. The predicted octanol–water partition coefficient (Wildman–Crippen LogP) is -0.388. The van der Waals surface area contributed by atoms with Crippen LogP contribution >= 0.6 is 31.3 Å². The molecular weight excluding hydrogens is 776 g/mol. The van der Waals surface area contributed by atoms with Crippen molar-refractivity contribution in [2.75, 3.05) is 24.7 Å². The molecule has 10 atom stereocenters. The van der Waals surface area contributed by atoms with Crippen molar-refractivity contribution in [2.24, 2.45) is 0 Å². The zero-order valence-corrected chi connectivity index (χ0v) is 28.9. The number of rotatable bonds is 14. The number of nitrogen functional groups attached to an aromatic ring is 2. The Bertz CT molecular complexity index is 2120. The number of hydrogen-bond donors (Lipinski definition) is 8. The molecule has 10 N–H and O–H groups in total. The third-order valence-electron chi connectivity index (χ3n) is 7.23. The van der Waals surface area contributed by atoms with Crippen molar-refractivity contribution in [1.82, 2.24) is 39.0 Å². The highest BCUT2D eigenvalue weighted by Gasteiger charge is 2.48. The molecule has 2 fully saturated rings. The van der Waals surface area contributed by atoms with E-state index in [0.29, 0.717) is 17.6 Å². The molecule has 31 heteroatoms. The molecule has 4 unspecified atom stereocenters. The van der Waals surface area contributed by atoms with Gasteiger partial charge in [-0.25, -0.2) is 48.2 Å². The number of nitrogens with zero attached hydrogens (tertiary/aromatic N) is 8. The van der Waals surface area contributed by atoms with Gasteiger partial charge >= 0.3 is 31.3 Å². The summed E-state index contributed by atoms with van der Waals surface area (Å²) in [6, 6.07) is 0. The summed E-state index contributed by atoms with van der Waals surface area (Å²) in [6.07, 6.45) is -2.39. The van der Waals surface area contributed by atoms with Gasteiger partial charge in [0.15, 0.2) is 29.2 Å². The third kappa shape index (κ3) is 8.51. The molecule has 0 radical (unpaired) electrons. The van der Waals surface area contributed by atoms with Gasteiger partial charge in [0.1, 0.15) is 48.2 Å². The average molecular weight is 804 g/mol. The molecule has 0 bridgehead atoms. The van der Waals surface area contributed by atoms with Crippen LogP contribution in [0, 0.1) is 0 Å². The van der Waals surface area contributed by atoms with E-state index in [0.717, 1.165) is 6.33 Å². The minimum Gasteiger partial charge on any atom is -0.387 e. The van der Waals surface area contributed by atoms with Crippen molar-refractivity contribution >= 4 is 65.3 Å². The van der Waals surface area contributed by atoms with Crippen LogP contribution < -0.4 is 11.5 Å². The minimum absolute atomic E-state index is 0.00377. The first-order valence-electron chi connectivity index (χ1n) is 14.1. The van der Waals surface area contributed by atoms with Gasteiger partial charge in [0, 0.05) is 0 Å². The Morgan fingerprint density at radius 1 is 0.686 bits per heavy atom. The van der Waals surface area contributed by atoms with Crippen LogP contribution in [0.5, 0.6) is 0 Å². The van der Waals surface area contributed by atoms with E-state index in [-0.39, 0.29) is 29.2 Å². The van der Waals surface area contributed by atoms with Crippen LogP contribution in [0.2, 0.25) is 0 Å². The first kappa shape index (κ1) is 37.8. The van der Waals surface area contributed by atoms with Crippen molar-refractivity contribution < 1.29 is 79.5 Å². The summed E-state index contributed by atoms with van der Waals surface area (Å²) in [4.78, 5) is 63.4. The summed E-state index contributed by atoms with van der Waals surface area (Å²) in [5, 5.41) is 20.9. The van der Waals surface area contributed by atoms with Crippen LogP contribution in [0.25, 0.3) is 22.3 Å². The van der Waals surface area contributed by atoms with Gasteiger partial charge in [-0.05, 0) is 12.8 Å². The van der Waals surface area contributed by atoms with E-state index in [1.54, 1.807) is 4.57 Å². The lowest BCUT2D eigenvalue weighted by molar-refractivity contribution is -0.0503. The van der Waals surface area contributed by atoms with Gasteiger partial charge in [0.25, 0.3) is 0 Å². The molecule has 4 aromatic rings. The Morgan fingerprint density at radius 3 is 1.78 bits per heavy atom. The highest BCUT2D eigenvalue weighted by atomic mass is 31.3. The van der Waals surface area contributed by atoms with Gasteiger partial charge in [0.2, 0.25) is 0 Å². The number of ether oxygens (including phenoxy) is 2. The van der Waals surface area contributed by atoms with E-state index in [2.05, 4.69) is 51.9 Å². The quantitative estimate of drug-likeness (QED) is 0.0752. The maximum absolute atomic E-state index is 12.4. The second-order valence-electron chi connectivity index (χ2n) is 10.7. The molecule has 6 rings (SSSR count). The number of aliphatic hydroxyl groups excluding tert-OH is 2. The van der Waals surface area contributed by atoms with Crippen LogP contribution in [-0.2, 0) is 49.7 Å². The van der Waals surface area contributed by atoms with Crippen LogP contribution in [0.3, 0.4) is 0 Å². The number of imidazole rings is 2. The van der Waals surface area contributed by atoms with Crippen LogP contribution in [0.15, 0.2) is 25.3 Å². The number of hydrogen-bond acceptors (Lipinski definition) is 21. The predicted molar refractivity (Wildman–Crippen MR) is 163 cm³/mol. The van der Waals surface area contributed by atoms with E-state index in [4.69, 9.17) is 20.9 Å². The number of aromatic nitrogens is 8. The van der Waals surface area contributed by atoms with Gasteiger partial charge in [-0.3, -0.25) is 18.2 Å². The lowest BCUT2D eigenvalue weighted by atomic mass is 10.1. The summed E-state index contributed by atoms with van der Waals surface area (Å²) in [5.41, 5.74) is 12.4. The minimum atomic E-state index is -6.10. The first-order chi connectivity index (χ1) is 23.8. The monoisotopic (exact) mass is 804 g/mol. The Balaban J connectivity index is 0.988. The Labute approximate surface area is 283 Å². The molecule has 6 heterocycles. The molecule has 0 aromatic carbocycles. The van der Waals surface area contributed by atoms with Gasteiger partial charge < -0.3 is 50.7 Å². The second kappa shape index (κ2) is 14.2. The van der Waals surface area contributed by atoms with Crippen molar-refractivity contribution in [1.29, 1.82) is 0 Å². The SMILES string of the molecule is Nc1ncnc2c1ncn2[C@@H]1O[C@H](COP(=O)(O)OP(=O)(O)OP(=O)(O)OP(=O)(O)OC[C@@H]2CC[C@H](n3cnc4c(N)ncnc43)O2)[C@@H](O)[C@H]1O. The summed E-state index contributed by atoms with van der Waals surface area (Å²) >= 11 is 0. The molecule has 0 amide bonds. The highest BCUT2D eigenvalue weighted by Crippen LogP contribution is 2.71. The second-order valence-corrected chi connectivity index (χ2v) is 16.9. The van der Waals surface area contributed by atoms with E-state index in [9.17, 15) is 48.0 Å². The third-order valence-corrected chi connectivity index (χ3v) is 13.1. The first-order valence-corrected chi connectivity index (χ1v) is 20.1. The van der Waals surface area contributed by atoms with Crippen molar-refractivity contribution in [2.45, 2.75) is 49.7 Å². The number of phosphoric ester groups is 2. The number of anilines is 2. The van der Waals surface area contributed by atoms with Crippen molar-refractivity contribution in [3.63, 3.8) is 0 Å². The molecule has 0 spiro atoms. The molecular formula is C20H28N10O17P4. The van der Waals surface area contributed by atoms with Gasteiger partial charge in [-0.15, -0.1) is 0 Å². The normalized spacial score (nSPS) is 28.7. The topological polar surface area (TPSA) is 394 Å². The lowest BCUT2D eigenvalue weighted by Gasteiger charge is -2.21. The Hall–Kier alpha value is -2.90. The molecule has 2 aliphatic rings. The van der Waals surface area contributed by atoms with Crippen LogP contribution in [0.1, 0.15) is 25.3 Å². The zero-order valence-electron chi connectivity index (χ0n) is 25.3. The Morgan fingerprint density at radius 2 is 1.20 bits per heavy atom. The van der Waals surface area contributed by atoms with Gasteiger partial charge in [0.05, 0.1) is 32.0 Å². The molecule has 4 aromatic heterocycles. The smallest absolute Gasteiger partial charge is 0.387 e. The van der Waals surface area contributed by atoms with Crippen LogP contribution in [0.4, 0.5) is 11.6 Å². The molecule has 280 valence electrons. The fourth-order valence-electron chi connectivity index (χ4n) is 5.06. The number of aliphatic hydroxyl groups is 2. The maximum atomic E-state index is 12.4. The van der Waals surface area contributed by atoms with Crippen molar-refractivity contribution in [3.8, 4) is 0 Å².